The fraction of sp³-hybridized carbons (Fsp3) is 0.583. The van der Waals surface area contributed by atoms with Gasteiger partial charge >= 0.3 is 0 Å². The van der Waals surface area contributed by atoms with Crippen molar-refractivity contribution in [2.24, 2.45) is 11.7 Å². The Morgan fingerprint density at radius 1 is 1.56 bits per heavy atom. The van der Waals surface area contributed by atoms with Gasteiger partial charge in [-0.1, -0.05) is 6.92 Å². The van der Waals surface area contributed by atoms with Crippen molar-refractivity contribution < 1.29 is 8.42 Å². The van der Waals surface area contributed by atoms with Gasteiger partial charge in [-0.05, 0) is 30.9 Å². The lowest BCUT2D eigenvalue weighted by Crippen LogP contribution is -2.49. The molecule has 0 aliphatic carbocycles. The lowest BCUT2D eigenvalue weighted by molar-refractivity contribution is 0.211. The summed E-state index contributed by atoms with van der Waals surface area (Å²) in [5, 5.41) is 0. The maximum atomic E-state index is 12.5. The van der Waals surface area contributed by atoms with E-state index in [9.17, 15) is 8.42 Å². The number of piperidine rings is 1. The van der Waals surface area contributed by atoms with Gasteiger partial charge in [0.2, 0.25) is 10.0 Å². The highest BCUT2D eigenvalue weighted by Crippen LogP contribution is 2.27. The van der Waals surface area contributed by atoms with Crippen LogP contribution < -0.4 is 5.73 Å². The molecule has 1 aliphatic heterocycles. The molecule has 0 amide bonds. The number of pyridine rings is 1. The highest BCUT2D eigenvalue weighted by molar-refractivity contribution is 7.89. The predicted octanol–water partition coefficient (Wildman–Crippen LogP) is 0.830. The summed E-state index contributed by atoms with van der Waals surface area (Å²) in [5.74, 6) is 0.527. The molecule has 1 saturated heterocycles. The van der Waals surface area contributed by atoms with E-state index >= 15 is 0 Å². The maximum Gasteiger partial charge on any atom is 0.244 e. The van der Waals surface area contributed by atoms with Crippen LogP contribution in [0, 0.1) is 5.92 Å². The van der Waals surface area contributed by atoms with Crippen LogP contribution >= 0.6 is 0 Å². The Morgan fingerprint density at radius 2 is 2.33 bits per heavy atom. The van der Waals surface area contributed by atoms with Gasteiger partial charge in [0.05, 0.1) is 0 Å². The quantitative estimate of drug-likeness (QED) is 0.881. The molecule has 6 heteroatoms. The van der Waals surface area contributed by atoms with Gasteiger partial charge in [-0.2, -0.15) is 4.31 Å². The standard InChI is InChI=1S/C12H19N3O2S/c1-10-4-6-15(11(7-10)8-13)18(16,17)12-3-2-5-14-9-12/h2-3,5,9-11H,4,6-8,13H2,1H3. The summed E-state index contributed by atoms with van der Waals surface area (Å²) in [6.45, 7) is 3.04. The number of hydrogen-bond acceptors (Lipinski definition) is 4. The first-order chi connectivity index (χ1) is 8.55. The largest absolute Gasteiger partial charge is 0.329 e. The molecule has 0 saturated carbocycles. The van der Waals surface area contributed by atoms with Gasteiger partial charge in [0.15, 0.2) is 0 Å². The van der Waals surface area contributed by atoms with Crippen LogP contribution in [0.2, 0.25) is 0 Å². The minimum absolute atomic E-state index is 0.0982. The molecule has 0 radical (unpaired) electrons. The SMILES string of the molecule is CC1CCN(S(=O)(=O)c2cccnc2)C(CN)C1. The van der Waals surface area contributed by atoms with Crippen molar-refractivity contribution in [3.05, 3.63) is 24.5 Å². The molecule has 1 aromatic heterocycles. The Balaban J connectivity index is 2.30. The average Bonchev–Trinajstić information content (AvgIpc) is 2.39. The molecule has 1 aliphatic rings. The summed E-state index contributed by atoms with van der Waals surface area (Å²) >= 11 is 0. The van der Waals surface area contributed by atoms with Gasteiger partial charge in [0.25, 0.3) is 0 Å². The third kappa shape index (κ3) is 2.55. The van der Waals surface area contributed by atoms with Crippen LogP contribution in [-0.4, -0.2) is 36.8 Å². The molecule has 2 heterocycles. The van der Waals surface area contributed by atoms with Crippen molar-refractivity contribution in [3.63, 3.8) is 0 Å². The van der Waals surface area contributed by atoms with Crippen LogP contribution in [0.5, 0.6) is 0 Å². The highest BCUT2D eigenvalue weighted by atomic mass is 32.2. The van der Waals surface area contributed by atoms with Crippen molar-refractivity contribution in [1.82, 2.24) is 9.29 Å². The van der Waals surface area contributed by atoms with Gasteiger partial charge in [0, 0.05) is 31.5 Å². The van der Waals surface area contributed by atoms with Crippen LogP contribution in [0.25, 0.3) is 0 Å². The Kier molecular flexibility index (Phi) is 3.99. The fourth-order valence-corrected chi connectivity index (χ4v) is 4.02. The molecule has 100 valence electrons. The normalized spacial score (nSPS) is 26.1. The molecule has 2 rings (SSSR count). The lowest BCUT2D eigenvalue weighted by Gasteiger charge is -2.36. The van der Waals surface area contributed by atoms with Crippen LogP contribution in [0.15, 0.2) is 29.4 Å². The Labute approximate surface area is 108 Å². The van der Waals surface area contributed by atoms with E-state index in [1.165, 1.54) is 10.5 Å². The van der Waals surface area contributed by atoms with E-state index < -0.39 is 10.0 Å². The third-order valence-electron chi connectivity index (χ3n) is 3.44. The van der Waals surface area contributed by atoms with E-state index in [4.69, 9.17) is 5.73 Å². The number of nitrogens with zero attached hydrogens (tertiary/aromatic N) is 2. The molecule has 1 aromatic rings. The second-order valence-electron chi connectivity index (χ2n) is 4.82. The van der Waals surface area contributed by atoms with Gasteiger partial charge in [-0.15, -0.1) is 0 Å². The first kappa shape index (κ1) is 13.5. The van der Waals surface area contributed by atoms with Gasteiger partial charge in [0.1, 0.15) is 4.90 Å². The minimum atomic E-state index is -3.46. The minimum Gasteiger partial charge on any atom is -0.329 e. The van der Waals surface area contributed by atoms with E-state index in [-0.39, 0.29) is 10.9 Å². The second-order valence-corrected chi connectivity index (χ2v) is 6.71. The molecular weight excluding hydrogens is 250 g/mol. The van der Waals surface area contributed by atoms with Crippen molar-refractivity contribution in [3.8, 4) is 0 Å². The zero-order valence-electron chi connectivity index (χ0n) is 10.5. The first-order valence-corrected chi connectivity index (χ1v) is 7.61. The van der Waals surface area contributed by atoms with E-state index in [2.05, 4.69) is 11.9 Å². The van der Waals surface area contributed by atoms with Crippen molar-refractivity contribution in [1.29, 1.82) is 0 Å². The number of sulfonamides is 1. The van der Waals surface area contributed by atoms with Crippen molar-refractivity contribution >= 4 is 10.0 Å². The van der Waals surface area contributed by atoms with Crippen LogP contribution in [-0.2, 0) is 10.0 Å². The molecule has 2 atom stereocenters. The van der Waals surface area contributed by atoms with Gasteiger partial charge < -0.3 is 5.73 Å². The van der Waals surface area contributed by atoms with E-state index in [1.807, 2.05) is 0 Å². The van der Waals surface area contributed by atoms with Crippen LogP contribution in [0.4, 0.5) is 0 Å². The molecule has 18 heavy (non-hydrogen) atoms. The van der Waals surface area contributed by atoms with Crippen LogP contribution in [0.1, 0.15) is 19.8 Å². The summed E-state index contributed by atoms with van der Waals surface area (Å²) < 4.78 is 26.5. The van der Waals surface area contributed by atoms with E-state index in [1.54, 1.807) is 18.3 Å². The highest BCUT2D eigenvalue weighted by Gasteiger charge is 2.34. The number of aromatic nitrogens is 1. The maximum absolute atomic E-state index is 12.5. The monoisotopic (exact) mass is 269 g/mol. The molecule has 1 fully saturated rings. The molecular formula is C12H19N3O2S. The average molecular weight is 269 g/mol. The summed E-state index contributed by atoms with van der Waals surface area (Å²) in [6, 6.07) is 3.11. The number of rotatable bonds is 3. The summed E-state index contributed by atoms with van der Waals surface area (Å²) in [5.41, 5.74) is 5.71. The topological polar surface area (TPSA) is 76.3 Å². The molecule has 2 N–H and O–H groups in total. The lowest BCUT2D eigenvalue weighted by atomic mass is 9.94. The van der Waals surface area contributed by atoms with Crippen molar-refractivity contribution in [2.45, 2.75) is 30.7 Å². The van der Waals surface area contributed by atoms with E-state index in [0.717, 1.165) is 12.8 Å². The van der Waals surface area contributed by atoms with E-state index in [0.29, 0.717) is 19.0 Å². The van der Waals surface area contributed by atoms with Crippen molar-refractivity contribution in [2.75, 3.05) is 13.1 Å². The molecule has 5 nitrogen and oxygen atoms in total. The zero-order chi connectivity index (χ0) is 13.2. The van der Waals surface area contributed by atoms with Gasteiger partial charge in [-0.25, -0.2) is 8.42 Å². The fourth-order valence-electron chi connectivity index (χ4n) is 2.40. The summed E-state index contributed by atoms with van der Waals surface area (Å²) in [4.78, 5) is 4.12. The Bertz CT molecular complexity index is 489. The second kappa shape index (κ2) is 5.34. The predicted molar refractivity (Wildman–Crippen MR) is 69.4 cm³/mol. The van der Waals surface area contributed by atoms with Crippen LogP contribution in [0.3, 0.4) is 0 Å². The molecule has 0 spiro atoms. The summed E-state index contributed by atoms with van der Waals surface area (Å²) in [7, 11) is -3.46. The zero-order valence-corrected chi connectivity index (χ0v) is 11.3. The Hall–Kier alpha value is -0.980. The molecule has 2 unspecified atom stereocenters. The molecule has 0 aromatic carbocycles. The summed E-state index contributed by atoms with van der Waals surface area (Å²) in [6.07, 6.45) is 4.67. The molecule has 0 bridgehead atoms. The Morgan fingerprint density at radius 3 is 2.94 bits per heavy atom. The first-order valence-electron chi connectivity index (χ1n) is 6.17. The third-order valence-corrected chi connectivity index (χ3v) is 5.37. The number of nitrogens with two attached hydrogens (primary N) is 1. The van der Waals surface area contributed by atoms with Gasteiger partial charge in [-0.3, -0.25) is 4.98 Å². The number of hydrogen-bond donors (Lipinski definition) is 1. The smallest absolute Gasteiger partial charge is 0.244 e.